The summed E-state index contributed by atoms with van der Waals surface area (Å²) in [6.07, 6.45) is 0. The van der Waals surface area contributed by atoms with E-state index >= 15 is 0 Å². The number of carbonyl (C=O) groups excluding carboxylic acids is 1. The van der Waals surface area contributed by atoms with Crippen LogP contribution in [0.2, 0.25) is 0 Å². The van der Waals surface area contributed by atoms with Gasteiger partial charge in [-0.1, -0.05) is 11.2 Å². The van der Waals surface area contributed by atoms with Gasteiger partial charge in [-0.2, -0.15) is 5.26 Å². The van der Waals surface area contributed by atoms with Crippen LogP contribution in [0.25, 0.3) is 10.4 Å². The van der Waals surface area contributed by atoms with E-state index in [0.717, 1.165) is 5.56 Å². The summed E-state index contributed by atoms with van der Waals surface area (Å²) >= 11 is 0. The summed E-state index contributed by atoms with van der Waals surface area (Å²) in [5.74, 6) is 0.833. The van der Waals surface area contributed by atoms with E-state index in [4.69, 9.17) is 20.3 Å². The van der Waals surface area contributed by atoms with Gasteiger partial charge in [0.05, 0.1) is 31.4 Å². The molecule has 9 heteroatoms. The van der Waals surface area contributed by atoms with E-state index in [2.05, 4.69) is 20.7 Å². The van der Waals surface area contributed by atoms with Crippen molar-refractivity contribution in [1.29, 1.82) is 5.26 Å². The number of benzene rings is 2. The minimum Gasteiger partial charge on any atom is -0.493 e. The lowest BCUT2D eigenvalue weighted by atomic mass is 10.1. The van der Waals surface area contributed by atoms with E-state index in [-0.39, 0.29) is 25.0 Å². The number of carbonyl (C=O) groups is 1. The third-order valence-corrected chi connectivity index (χ3v) is 4.11. The van der Waals surface area contributed by atoms with Crippen LogP contribution < -0.4 is 20.1 Å². The molecule has 0 heterocycles. The first-order valence-corrected chi connectivity index (χ1v) is 8.83. The Balaban J connectivity index is 2.18. The van der Waals surface area contributed by atoms with E-state index in [9.17, 15) is 4.79 Å². The van der Waals surface area contributed by atoms with Crippen LogP contribution in [0.3, 0.4) is 0 Å². The molecule has 0 radical (unpaired) electrons. The minimum atomic E-state index is -0.338. The van der Waals surface area contributed by atoms with Crippen molar-refractivity contribution in [2.45, 2.75) is 19.5 Å². The molecule has 9 nitrogen and oxygen atoms in total. The highest BCUT2D eigenvalue weighted by atomic mass is 16.5. The van der Waals surface area contributed by atoms with Gasteiger partial charge in [0.1, 0.15) is 0 Å². The van der Waals surface area contributed by atoms with Crippen LogP contribution in [-0.4, -0.2) is 32.7 Å². The van der Waals surface area contributed by atoms with Gasteiger partial charge in [-0.3, -0.25) is 4.79 Å². The standard InChI is InChI=1S/C20H22N6O3/c1-13(11-24-26-22)25-17-6-4-14(10-21)8-16(17)20(27)23-12-15-5-7-18(28-2)19(9-15)29-3/h4-9,13,25H,11-12H2,1-3H3,(H,23,27). The largest absolute Gasteiger partial charge is 0.493 e. The Hall–Kier alpha value is -3.89. The normalized spacial score (nSPS) is 10.8. The molecule has 1 unspecified atom stereocenters. The van der Waals surface area contributed by atoms with Crippen molar-refractivity contribution in [3.63, 3.8) is 0 Å². The molecular weight excluding hydrogens is 372 g/mol. The molecule has 2 N–H and O–H groups in total. The maximum absolute atomic E-state index is 12.8. The molecule has 0 spiro atoms. The third kappa shape index (κ3) is 5.79. The number of hydrogen-bond acceptors (Lipinski definition) is 6. The summed E-state index contributed by atoms with van der Waals surface area (Å²) in [6, 6.07) is 12.0. The quantitative estimate of drug-likeness (QED) is 0.381. The second kappa shape index (κ2) is 10.4. The van der Waals surface area contributed by atoms with Crippen molar-refractivity contribution in [1.82, 2.24) is 5.32 Å². The van der Waals surface area contributed by atoms with Gasteiger partial charge in [-0.15, -0.1) is 0 Å². The Morgan fingerprint density at radius 3 is 2.66 bits per heavy atom. The van der Waals surface area contributed by atoms with Gasteiger partial charge in [-0.05, 0) is 48.4 Å². The Kier molecular flexibility index (Phi) is 7.71. The summed E-state index contributed by atoms with van der Waals surface area (Å²) in [5.41, 5.74) is 10.5. The highest BCUT2D eigenvalue weighted by molar-refractivity contribution is 6.00. The molecule has 1 atom stereocenters. The van der Waals surface area contributed by atoms with Crippen molar-refractivity contribution in [3.05, 3.63) is 63.5 Å². The third-order valence-electron chi connectivity index (χ3n) is 4.11. The molecule has 0 aliphatic carbocycles. The Morgan fingerprint density at radius 2 is 2.00 bits per heavy atom. The fourth-order valence-electron chi connectivity index (χ4n) is 2.67. The van der Waals surface area contributed by atoms with Gasteiger partial charge >= 0.3 is 0 Å². The molecule has 150 valence electrons. The number of anilines is 1. The summed E-state index contributed by atoms with van der Waals surface area (Å²) in [5, 5.41) is 18.7. The molecule has 2 rings (SSSR count). The van der Waals surface area contributed by atoms with Crippen LogP contribution in [-0.2, 0) is 6.54 Å². The van der Waals surface area contributed by atoms with E-state index in [0.29, 0.717) is 28.3 Å². The van der Waals surface area contributed by atoms with E-state index in [1.807, 2.05) is 19.1 Å². The SMILES string of the molecule is COc1ccc(CNC(=O)c2cc(C#N)ccc2NC(C)CN=[N+]=[N-])cc1OC. The number of azide groups is 1. The number of nitrogens with one attached hydrogen (secondary N) is 2. The molecule has 0 fully saturated rings. The molecule has 0 saturated heterocycles. The molecule has 0 aromatic heterocycles. The molecule has 0 aliphatic rings. The lowest BCUT2D eigenvalue weighted by molar-refractivity contribution is 0.0951. The summed E-state index contributed by atoms with van der Waals surface area (Å²) in [7, 11) is 3.10. The molecule has 2 aromatic rings. The first-order valence-electron chi connectivity index (χ1n) is 8.83. The second-order valence-electron chi connectivity index (χ2n) is 6.20. The summed E-state index contributed by atoms with van der Waals surface area (Å²) < 4.78 is 10.5. The van der Waals surface area contributed by atoms with E-state index in [1.165, 1.54) is 6.07 Å². The number of methoxy groups -OCH3 is 2. The van der Waals surface area contributed by atoms with Crippen molar-refractivity contribution < 1.29 is 14.3 Å². The smallest absolute Gasteiger partial charge is 0.253 e. The van der Waals surface area contributed by atoms with Crippen LogP contribution in [0.5, 0.6) is 11.5 Å². The maximum atomic E-state index is 12.8. The van der Waals surface area contributed by atoms with E-state index in [1.54, 1.807) is 38.5 Å². The maximum Gasteiger partial charge on any atom is 0.253 e. The Bertz CT molecular complexity index is 963. The van der Waals surface area contributed by atoms with Crippen LogP contribution in [0, 0.1) is 11.3 Å². The van der Waals surface area contributed by atoms with Gasteiger partial charge in [0, 0.05) is 29.7 Å². The predicted molar refractivity (Wildman–Crippen MR) is 109 cm³/mol. The second-order valence-corrected chi connectivity index (χ2v) is 6.20. The lowest BCUT2D eigenvalue weighted by Crippen LogP contribution is -2.26. The highest BCUT2D eigenvalue weighted by Gasteiger charge is 2.15. The number of nitrogens with zero attached hydrogens (tertiary/aromatic N) is 4. The molecule has 2 aromatic carbocycles. The van der Waals surface area contributed by atoms with Crippen molar-refractivity contribution in [2.75, 3.05) is 26.1 Å². The fraction of sp³-hybridized carbons (Fsp3) is 0.300. The topological polar surface area (TPSA) is 132 Å². The molecule has 1 amide bonds. The Morgan fingerprint density at radius 1 is 1.24 bits per heavy atom. The molecule has 0 aliphatic heterocycles. The van der Waals surface area contributed by atoms with Crippen molar-refractivity contribution in [3.8, 4) is 17.6 Å². The first-order chi connectivity index (χ1) is 14.0. The Labute approximate surface area is 168 Å². The van der Waals surface area contributed by atoms with Crippen LogP contribution in [0.4, 0.5) is 5.69 Å². The summed E-state index contributed by atoms with van der Waals surface area (Å²) in [4.78, 5) is 15.5. The number of nitriles is 1. The summed E-state index contributed by atoms with van der Waals surface area (Å²) in [6.45, 7) is 2.32. The van der Waals surface area contributed by atoms with E-state index < -0.39 is 0 Å². The predicted octanol–water partition coefficient (Wildman–Crippen LogP) is 3.62. The first kappa shape index (κ1) is 21.4. The minimum absolute atomic E-state index is 0.184. The van der Waals surface area contributed by atoms with Gasteiger partial charge < -0.3 is 20.1 Å². The zero-order chi connectivity index (χ0) is 21.2. The van der Waals surface area contributed by atoms with Crippen molar-refractivity contribution >= 4 is 11.6 Å². The number of hydrogen-bond donors (Lipinski definition) is 2. The molecule has 29 heavy (non-hydrogen) atoms. The zero-order valence-corrected chi connectivity index (χ0v) is 16.5. The average Bonchev–Trinajstić information content (AvgIpc) is 2.75. The van der Waals surface area contributed by atoms with Gasteiger partial charge in [0.15, 0.2) is 11.5 Å². The molecule has 0 saturated carbocycles. The average molecular weight is 394 g/mol. The van der Waals surface area contributed by atoms with Gasteiger partial charge in [0.25, 0.3) is 5.91 Å². The molecular formula is C20H22N6O3. The zero-order valence-electron chi connectivity index (χ0n) is 16.5. The van der Waals surface area contributed by atoms with Crippen LogP contribution in [0.15, 0.2) is 41.5 Å². The number of ether oxygens (including phenoxy) is 2. The van der Waals surface area contributed by atoms with Gasteiger partial charge in [-0.25, -0.2) is 0 Å². The monoisotopic (exact) mass is 394 g/mol. The lowest BCUT2D eigenvalue weighted by Gasteiger charge is -2.17. The highest BCUT2D eigenvalue weighted by Crippen LogP contribution is 2.27. The van der Waals surface area contributed by atoms with Crippen LogP contribution in [0.1, 0.15) is 28.4 Å². The van der Waals surface area contributed by atoms with Crippen LogP contribution >= 0.6 is 0 Å². The van der Waals surface area contributed by atoms with Crippen molar-refractivity contribution in [2.24, 2.45) is 5.11 Å². The van der Waals surface area contributed by atoms with Gasteiger partial charge in [0.2, 0.25) is 0 Å². The molecule has 0 bridgehead atoms. The number of rotatable bonds is 9. The number of amides is 1. The fourth-order valence-corrected chi connectivity index (χ4v) is 2.67.